The van der Waals surface area contributed by atoms with Crippen LogP contribution < -0.4 is 14.8 Å². The summed E-state index contributed by atoms with van der Waals surface area (Å²) in [7, 11) is 0. The van der Waals surface area contributed by atoms with Crippen molar-refractivity contribution in [2.45, 2.75) is 32.1 Å². The molecule has 1 amide bonds. The quantitative estimate of drug-likeness (QED) is 0.178. The van der Waals surface area contributed by atoms with E-state index >= 15 is 0 Å². The van der Waals surface area contributed by atoms with Crippen LogP contribution in [0, 0.1) is 10.1 Å². The molecule has 0 fully saturated rings. The number of benzene rings is 4. The molecule has 0 heterocycles. The Morgan fingerprint density at radius 3 is 1.95 bits per heavy atom. The molecule has 40 heavy (non-hydrogen) atoms. The second-order valence-electron chi connectivity index (χ2n) is 9.10. The number of hydrogen-bond donors (Lipinski definition) is 2. The number of carboxylic acids is 1. The Labute approximate surface area is 231 Å². The van der Waals surface area contributed by atoms with Gasteiger partial charge in [-0.1, -0.05) is 78.9 Å². The van der Waals surface area contributed by atoms with Crippen LogP contribution in [-0.4, -0.2) is 27.9 Å². The molecule has 0 aliphatic carbocycles. The summed E-state index contributed by atoms with van der Waals surface area (Å²) in [5.74, 6) is -0.811. The molecule has 0 bridgehead atoms. The highest BCUT2D eigenvalue weighted by atomic mass is 16.6. The molecule has 0 aromatic heterocycles. The summed E-state index contributed by atoms with van der Waals surface area (Å²) in [6, 6.07) is 28.9. The van der Waals surface area contributed by atoms with E-state index in [1.165, 1.54) is 18.2 Å². The highest BCUT2D eigenvalue weighted by Crippen LogP contribution is 2.30. The molecular formula is C31H28N2O7. The first kappa shape index (κ1) is 27.8. The summed E-state index contributed by atoms with van der Waals surface area (Å²) >= 11 is 0. The predicted octanol–water partition coefficient (Wildman–Crippen LogP) is 5.11. The first-order valence-corrected chi connectivity index (χ1v) is 12.6. The number of carboxylic acid groups (broad SMARTS) is 1. The number of carbonyl (C=O) groups excluding carboxylic acids is 1. The lowest BCUT2D eigenvalue weighted by Gasteiger charge is -2.17. The Bertz CT molecular complexity index is 1460. The fourth-order valence-corrected chi connectivity index (χ4v) is 4.03. The van der Waals surface area contributed by atoms with Gasteiger partial charge in [0.25, 0.3) is 5.69 Å². The molecule has 0 radical (unpaired) electrons. The van der Waals surface area contributed by atoms with Crippen LogP contribution in [0.4, 0.5) is 5.69 Å². The third-order valence-electron chi connectivity index (χ3n) is 6.04. The van der Waals surface area contributed by atoms with E-state index in [4.69, 9.17) is 9.47 Å². The first-order chi connectivity index (χ1) is 19.4. The minimum absolute atomic E-state index is 0.00330. The van der Waals surface area contributed by atoms with E-state index in [-0.39, 0.29) is 25.1 Å². The van der Waals surface area contributed by atoms with E-state index in [2.05, 4.69) is 5.32 Å². The van der Waals surface area contributed by atoms with Crippen molar-refractivity contribution in [2.75, 3.05) is 0 Å². The van der Waals surface area contributed by atoms with Gasteiger partial charge in [-0.3, -0.25) is 14.9 Å². The third-order valence-corrected chi connectivity index (χ3v) is 6.04. The molecule has 4 aromatic carbocycles. The summed E-state index contributed by atoms with van der Waals surface area (Å²) in [5.41, 5.74) is 2.83. The smallest absolute Gasteiger partial charge is 0.326 e. The van der Waals surface area contributed by atoms with Gasteiger partial charge < -0.3 is 19.9 Å². The van der Waals surface area contributed by atoms with Gasteiger partial charge in [0.05, 0.1) is 11.3 Å². The number of hydrogen-bond acceptors (Lipinski definition) is 6. The molecular weight excluding hydrogens is 512 g/mol. The average Bonchev–Trinajstić information content (AvgIpc) is 2.96. The van der Waals surface area contributed by atoms with Gasteiger partial charge in [-0.25, -0.2) is 4.79 Å². The second-order valence-corrected chi connectivity index (χ2v) is 9.10. The van der Waals surface area contributed by atoms with Crippen LogP contribution in [0.25, 0.3) is 0 Å². The molecule has 0 saturated heterocycles. The summed E-state index contributed by atoms with van der Waals surface area (Å²) in [6.45, 7) is 0.613. The molecule has 1 atom stereocenters. The van der Waals surface area contributed by atoms with Crippen LogP contribution >= 0.6 is 0 Å². The van der Waals surface area contributed by atoms with Gasteiger partial charge in [0, 0.05) is 18.6 Å². The van der Waals surface area contributed by atoms with Crippen molar-refractivity contribution in [3.05, 3.63) is 135 Å². The Kier molecular flexibility index (Phi) is 9.44. The van der Waals surface area contributed by atoms with Crippen molar-refractivity contribution in [1.82, 2.24) is 5.32 Å². The molecule has 0 saturated carbocycles. The van der Waals surface area contributed by atoms with Crippen molar-refractivity contribution in [1.29, 1.82) is 0 Å². The van der Waals surface area contributed by atoms with E-state index < -0.39 is 22.8 Å². The predicted molar refractivity (Wildman–Crippen MR) is 148 cm³/mol. The molecule has 0 aliphatic rings. The van der Waals surface area contributed by atoms with Crippen molar-refractivity contribution < 1.29 is 29.1 Å². The lowest BCUT2D eigenvalue weighted by molar-refractivity contribution is -0.384. The van der Waals surface area contributed by atoms with Gasteiger partial charge in [-0.05, 0) is 34.4 Å². The summed E-state index contributed by atoms with van der Waals surface area (Å²) in [6.07, 6.45) is -0.195. The molecule has 0 spiro atoms. The number of aliphatic carboxylic acids is 1. The number of non-ortho nitro benzene ring substituents is 1. The first-order valence-electron chi connectivity index (χ1n) is 12.6. The molecule has 4 rings (SSSR count). The number of nitro groups is 1. The van der Waals surface area contributed by atoms with E-state index in [0.717, 1.165) is 11.1 Å². The Hall–Kier alpha value is -5.18. The molecule has 204 valence electrons. The van der Waals surface area contributed by atoms with Gasteiger partial charge in [0.2, 0.25) is 5.91 Å². The van der Waals surface area contributed by atoms with Crippen LogP contribution in [0.2, 0.25) is 0 Å². The van der Waals surface area contributed by atoms with E-state index in [1.54, 1.807) is 24.3 Å². The fourth-order valence-electron chi connectivity index (χ4n) is 4.03. The van der Waals surface area contributed by atoms with E-state index in [1.807, 2.05) is 60.7 Å². The van der Waals surface area contributed by atoms with Gasteiger partial charge in [0.1, 0.15) is 19.3 Å². The Morgan fingerprint density at radius 2 is 1.35 bits per heavy atom. The molecule has 0 aliphatic heterocycles. The Morgan fingerprint density at radius 1 is 0.750 bits per heavy atom. The minimum atomic E-state index is -1.22. The number of nitrogens with one attached hydrogen (secondary N) is 1. The molecule has 4 aromatic rings. The molecule has 9 nitrogen and oxygen atoms in total. The van der Waals surface area contributed by atoms with Crippen molar-refractivity contribution in [2.24, 2.45) is 0 Å². The van der Waals surface area contributed by atoms with Gasteiger partial charge in [-0.15, -0.1) is 0 Å². The average molecular weight is 541 g/mol. The highest BCUT2D eigenvalue weighted by Gasteiger charge is 2.22. The summed E-state index contributed by atoms with van der Waals surface area (Å²) < 4.78 is 12.1. The lowest BCUT2D eigenvalue weighted by Crippen LogP contribution is -2.43. The van der Waals surface area contributed by atoms with Crippen LogP contribution in [0.15, 0.2) is 103 Å². The monoisotopic (exact) mass is 540 g/mol. The lowest BCUT2D eigenvalue weighted by atomic mass is 10.0. The number of carbonyl (C=O) groups is 2. The maximum atomic E-state index is 12.6. The minimum Gasteiger partial charge on any atom is -0.485 e. The maximum absolute atomic E-state index is 12.6. The van der Waals surface area contributed by atoms with Crippen LogP contribution in [0.5, 0.6) is 11.5 Å². The molecule has 2 N–H and O–H groups in total. The highest BCUT2D eigenvalue weighted by molar-refractivity contribution is 5.85. The van der Waals surface area contributed by atoms with Gasteiger partial charge in [-0.2, -0.15) is 0 Å². The number of rotatable bonds is 13. The van der Waals surface area contributed by atoms with Gasteiger partial charge in [0.15, 0.2) is 11.5 Å². The topological polar surface area (TPSA) is 128 Å². The number of ether oxygens (including phenoxy) is 2. The van der Waals surface area contributed by atoms with Gasteiger partial charge >= 0.3 is 5.97 Å². The normalized spacial score (nSPS) is 11.3. The number of nitrogens with zero attached hydrogens (tertiary/aromatic N) is 1. The third kappa shape index (κ3) is 8.16. The SMILES string of the molecule is O=C(Cc1cccc([N+](=O)[O-])c1)N[C@H](Cc1ccc(OCc2ccccc2)c(OCc2ccccc2)c1)C(=O)O. The van der Waals surface area contributed by atoms with E-state index in [9.17, 15) is 24.8 Å². The van der Waals surface area contributed by atoms with Crippen molar-refractivity contribution in [3.63, 3.8) is 0 Å². The maximum Gasteiger partial charge on any atom is 0.326 e. The number of nitro benzene ring substituents is 1. The largest absolute Gasteiger partial charge is 0.485 e. The molecule has 0 unspecified atom stereocenters. The van der Waals surface area contributed by atoms with E-state index in [0.29, 0.717) is 29.2 Å². The molecule has 9 heteroatoms. The fraction of sp³-hybridized carbons (Fsp3) is 0.161. The van der Waals surface area contributed by atoms with Crippen molar-refractivity contribution in [3.8, 4) is 11.5 Å². The number of amides is 1. The zero-order valence-corrected chi connectivity index (χ0v) is 21.6. The van der Waals surface area contributed by atoms with Crippen LogP contribution in [0.1, 0.15) is 22.3 Å². The van der Waals surface area contributed by atoms with Crippen LogP contribution in [-0.2, 0) is 35.6 Å². The zero-order chi connectivity index (χ0) is 28.3. The Balaban J connectivity index is 1.47. The summed E-state index contributed by atoms with van der Waals surface area (Å²) in [4.78, 5) is 35.1. The second kappa shape index (κ2) is 13.6. The summed E-state index contributed by atoms with van der Waals surface area (Å²) in [5, 5.41) is 23.3. The van der Waals surface area contributed by atoms with Crippen LogP contribution in [0.3, 0.4) is 0 Å². The standard InChI is InChI=1S/C31H28N2O7/c34-30(19-24-12-7-13-26(16-24)33(37)38)32-27(31(35)36)17-25-14-15-28(39-20-22-8-3-1-4-9-22)29(18-25)40-21-23-10-5-2-6-11-23/h1-16,18,27H,17,19-21H2,(H,32,34)(H,35,36)/t27-/m1/s1. The van der Waals surface area contributed by atoms with Crippen molar-refractivity contribution >= 4 is 17.6 Å². The zero-order valence-electron chi connectivity index (χ0n) is 21.6.